The summed E-state index contributed by atoms with van der Waals surface area (Å²) < 4.78 is 13.7. The third kappa shape index (κ3) is 24.2. The van der Waals surface area contributed by atoms with E-state index in [1.54, 1.807) is 12.5 Å². The second-order valence-electron chi connectivity index (χ2n) is 13.5. The van der Waals surface area contributed by atoms with Crippen LogP contribution in [0.2, 0.25) is 0 Å². The fraction of sp³-hybridized carbons (Fsp3) is 0.846. The number of esters is 2. The minimum absolute atomic E-state index is 0.0950. The highest BCUT2D eigenvalue weighted by molar-refractivity contribution is 7.99. The molecule has 2 unspecified atom stereocenters. The van der Waals surface area contributed by atoms with Crippen molar-refractivity contribution in [3.8, 4) is 0 Å². The maximum Gasteiger partial charge on any atom is 0.310 e. The van der Waals surface area contributed by atoms with Crippen LogP contribution in [0.4, 0.5) is 0 Å². The van der Waals surface area contributed by atoms with Gasteiger partial charge in [-0.2, -0.15) is 11.8 Å². The van der Waals surface area contributed by atoms with Gasteiger partial charge in [-0.3, -0.25) is 14.4 Å². The number of hydrogen-bond donors (Lipinski definition) is 1. The number of carbonyl (C=O) groups is 3. The van der Waals surface area contributed by atoms with Gasteiger partial charge in [0.1, 0.15) is 6.10 Å². The van der Waals surface area contributed by atoms with Crippen molar-refractivity contribution in [2.75, 3.05) is 24.7 Å². The van der Waals surface area contributed by atoms with Crippen LogP contribution < -0.4 is 5.32 Å². The van der Waals surface area contributed by atoms with Crippen LogP contribution in [0.5, 0.6) is 0 Å². The van der Waals surface area contributed by atoms with E-state index in [0.29, 0.717) is 37.0 Å². The summed E-state index contributed by atoms with van der Waals surface area (Å²) in [6.07, 6.45) is 27.1. The summed E-state index contributed by atoms with van der Waals surface area (Å²) in [6, 6.07) is 0. The number of nitrogens with one attached hydrogen (secondary N) is 1. The molecule has 0 saturated carbocycles. The molecule has 9 heteroatoms. The molecule has 0 bridgehead atoms. The number of rotatable bonds is 33. The number of aromatic nitrogens is 2. The molecule has 0 aliphatic rings. The van der Waals surface area contributed by atoms with Crippen LogP contribution in [0.15, 0.2) is 18.7 Å². The van der Waals surface area contributed by atoms with Gasteiger partial charge in [-0.1, -0.05) is 111 Å². The molecule has 0 aromatic carbocycles. The predicted molar refractivity (Wildman–Crippen MR) is 200 cm³/mol. The Bertz CT molecular complexity index is 897. The van der Waals surface area contributed by atoms with Crippen molar-refractivity contribution < 1.29 is 23.9 Å². The van der Waals surface area contributed by atoms with E-state index in [1.807, 2.05) is 10.8 Å². The zero-order chi connectivity index (χ0) is 35.1. The van der Waals surface area contributed by atoms with E-state index in [2.05, 4.69) is 38.0 Å². The standard InChI is InChI=1S/C39H71N3O5S/c1-5-9-12-14-16-18-22-36(23-19-17-15-13-10-6-2)47-39(45)35(30-37(43)41-25-20-27-42-28-26-40-33-42)32-48-29-24-38(44)46-31-34(8-4)21-11-7-3/h26,28,33-36H,5-25,27,29-32H2,1-4H3,(H,41,43). The Morgan fingerprint density at radius 3 is 2.06 bits per heavy atom. The number of aryl methyl sites for hydroxylation is 1. The van der Waals surface area contributed by atoms with Crippen LogP contribution in [-0.4, -0.2) is 58.2 Å². The van der Waals surface area contributed by atoms with Gasteiger partial charge in [0.05, 0.1) is 25.3 Å². The first kappa shape index (κ1) is 44.0. The van der Waals surface area contributed by atoms with Crippen LogP contribution in [0.1, 0.15) is 163 Å². The summed E-state index contributed by atoms with van der Waals surface area (Å²) in [5, 5.41) is 2.99. The maximum atomic E-state index is 13.6. The first-order valence-corrected chi connectivity index (χ1v) is 20.7. The number of hydrogen-bond acceptors (Lipinski definition) is 7. The first-order valence-electron chi connectivity index (χ1n) is 19.6. The van der Waals surface area contributed by atoms with Crippen LogP contribution >= 0.6 is 11.8 Å². The monoisotopic (exact) mass is 694 g/mol. The second-order valence-corrected chi connectivity index (χ2v) is 14.7. The Kier molecular flexibility index (Phi) is 28.4. The van der Waals surface area contributed by atoms with Gasteiger partial charge in [-0.25, -0.2) is 4.98 Å². The Balaban J connectivity index is 2.71. The van der Waals surface area contributed by atoms with E-state index < -0.39 is 5.92 Å². The van der Waals surface area contributed by atoms with Gasteiger partial charge in [-0.15, -0.1) is 0 Å². The number of carbonyl (C=O) groups excluding carboxylic acids is 3. The highest BCUT2D eigenvalue weighted by Gasteiger charge is 2.26. The zero-order valence-corrected chi connectivity index (χ0v) is 32.0. The summed E-state index contributed by atoms with van der Waals surface area (Å²) in [7, 11) is 0. The van der Waals surface area contributed by atoms with Crippen LogP contribution in [0, 0.1) is 11.8 Å². The minimum Gasteiger partial charge on any atom is -0.465 e. The van der Waals surface area contributed by atoms with E-state index in [4.69, 9.17) is 9.47 Å². The lowest BCUT2D eigenvalue weighted by molar-refractivity contribution is -0.155. The average Bonchev–Trinajstić information content (AvgIpc) is 3.61. The average molecular weight is 694 g/mol. The van der Waals surface area contributed by atoms with E-state index in [-0.39, 0.29) is 30.4 Å². The van der Waals surface area contributed by atoms with Crippen LogP contribution in [0.3, 0.4) is 0 Å². The van der Waals surface area contributed by atoms with Crippen molar-refractivity contribution in [1.82, 2.24) is 14.9 Å². The van der Waals surface area contributed by atoms with Gasteiger partial charge in [0.25, 0.3) is 0 Å². The van der Waals surface area contributed by atoms with Gasteiger partial charge in [0.15, 0.2) is 0 Å². The lowest BCUT2D eigenvalue weighted by atomic mass is 10.0. The number of amides is 1. The molecule has 0 fully saturated rings. The molecule has 8 nitrogen and oxygen atoms in total. The molecular formula is C39H71N3O5S. The minimum atomic E-state index is -0.546. The zero-order valence-electron chi connectivity index (χ0n) is 31.2. The fourth-order valence-corrected chi connectivity index (χ4v) is 6.82. The Hall–Kier alpha value is -2.03. The molecule has 1 N–H and O–H groups in total. The molecule has 278 valence electrons. The summed E-state index contributed by atoms with van der Waals surface area (Å²) in [4.78, 5) is 43.1. The lowest BCUT2D eigenvalue weighted by Gasteiger charge is -2.22. The molecule has 1 aromatic rings. The molecule has 48 heavy (non-hydrogen) atoms. The van der Waals surface area contributed by atoms with Crippen molar-refractivity contribution >= 4 is 29.6 Å². The highest BCUT2D eigenvalue weighted by atomic mass is 32.2. The Morgan fingerprint density at radius 2 is 1.46 bits per heavy atom. The summed E-state index contributed by atoms with van der Waals surface area (Å²) >= 11 is 1.53. The number of unbranched alkanes of at least 4 members (excludes halogenated alkanes) is 11. The smallest absolute Gasteiger partial charge is 0.310 e. The van der Waals surface area contributed by atoms with Crippen LogP contribution in [0.25, 0.3) is 0 Å². The molecule has 2 atom stereocenters. The fourth-order valence-electron chi connectivity index (χ4n) is 5.80. The first-order chi connectivity index (χ1) is 23.4. The van der Waals surface area contributed by atoms with Crippen molar-refractivity contribution in [2.24, 2.45) is 11.8 Å². The Labute approximate surface area is 298 Å². The predicted octanol–water partition coefficient (Wildman–Crippen LogP) is 9.69. The number of nitrogens with zero attached hydrogens (tertiary/aromatic N) is 2. The summed E-state index contributed by atoms with van der Waals surface area (Å²) in [5.41, 5.74) is 0. The van der Waals surface area contributed by atoms with Crippen molar-refractivity contribution in [3.63, 3.8) is 0 Å². The normalized spacial score (nSPS) is 12.6. The van der Waals surface area contributed by atoms with E-state index in [1.165, 1.54) is 76.0 Å². The Morgan fingerprint density at radius 1 is 0.812 bits per heavy atom. The lowest BCUT2D eigenvalue weighted by Crippen LogP contribution is -2.33. The maximum absolute atomic E-state index is 13.6. The third-order valence-corrected chi connectivity index (χ3v) is 10.2. The van der Waals surface area contributed by atoms with E-state index in [0.717, 1.165) is 64.3 Å². The molecule has 0 spiro atoms. The molecule has 0 aliphatic heterocycles. The van der Waals surface area contributed by atoms with Gasteiger partial charge in [-0.05, 0) is 44.4 Å². The largest absolute Gasteiger partial charge is 0.465 e. The topological polar surface area (TPSA) is 99.5 Å². The second kappa shape index (κ2) is 31.0. The van der Waals surface area contributed by atoms with Gasteiger partial charge in [0.2, 0.25) is 5.91 Å². The number of ether oxygens (including phenoxy) is 2. The molecule has 0 saturated heterocycles. The van der Waals surface area contributed by atoms with Gasteiger partial charge < -0.3 is 19.4 Å². The quantitative estimate of drug-likeness (QED) is 0.0578. The van der Waals surface area contributed by atoms with E-state index >= 15 is 0 Å². The molecule has 1 rings (SSSR count). The van der Waals surface area contributed by atoms with Gasteiger partial charge >= 0.3 is 11.9 Å². The third-order valence-electron chi connectivity index (χ3n) is 9.07. The number of thioether (sulfide) groups is 1. The number of imidazole rings is 1. The molecule has 1 aromatic heterocycles. The molecule has 0 aliphatic carbocycles. The molecule has 1 heterocycles. The van der Waals surface area contributed by atoms with Crippen molar-refractivity contribution in [2.45, 2.75) is 175 Å². The highest BCUT2D eigenvalue weighted by Crippen LogP contribution is 2.22. The SMILES string of the molecule is CCCCCCCCC(CCCCCCCC)OC(=O)C(CSCCC(=O)OCC(CC)CCCC)CC(=O)NCCCn1ccnc1. The summed E-state index contributed by atoms with van der Waals surface area (Å²) in [6.45, 7) is 10.6. The van der Waals surface area contributed by atoms with Crippen LogP contribution in [-0.2, 0) is 30.4 Å². The van der Waals surface area contributed by atoms with Gasteiger partial charge in [0, 0.05) is 43.4 Å². The molecule has 0 radical (unpaired) electrons. The molecular weight excluding hydrogens is 623 g/mol. The van der Waals surface area contributed by atoms with E-state index in [9.17, 15) is 14.4 Å². The van der Waals surface area contributed by atoms with Crippen molar-refractivity contribution in [1.29, 1.82) is 0 Å². The summed E-state index contributed by atoms with van der Waals surface area (Å²) in [5.74, 6) is 0.272. The van der Waals surface area contributed by atoms with Crippen molar-refractivity contribution in [3.05, 3.63) is 18.7 Å². The molecule has 1 amide bonds.